The highest BCUT2D eigenvalue weighted by Crippen LogP contribution is 2.35. The van der Waals surface area contributed by atoms with Gasteiger partial charge in [-0.25, -0.2) is 0 Å². The summed E-state index contributed by atoms with van der Waals surface area (Å²) >= 11 is 0. The first-order chi connectivity index (χ1) is 10.0. The van der Waals surface area contributed by atoms with E-state index in [1.54, 1.807) is 13.1 Å². The number of nitrogens with zero attached hydrogens (tertiary/aromatic N) is 2. The molecule has 0 aliphatic heterocycles. The molecule has 0 amide bonds. The second kappa shape index (κ2) is 5.97. The van der Waals surface area contributed by atoms with Crippen LogP contribution in [0.15, 0.2) is 18.2 Å². The van der Waals surface area contributed by atoms with Crippen LogP contribution in [0.1, 0.15) is 19.3 Å². The maximum absolute atomic E-state index is 11.0. The SMILES string of the molecule is CNC1(C#N)CCC(Oc2ccc(OC)c([N+](=O)[O-])c2)C1. The van der Waals surface area contributed by atoms with E-state index < -0.39 is 10.5 Å². The first-order valence-corrected chi connectivity index (χ1v) is 6.63. The molecule has 0 heterocycles. The van der Waals surface area contributed by atoms with Crippen LogP contribution < -0.4 is 14.8 Å². The van der Waals surface area contributed by atoms with Gasteiger partial charge in [0.2, 0.25) is 0 Å². The zero-order valence-corrected chi connectivity index (χ0v) is 12.0. The average Bonchev–Trinajstić information content (AvgIpc) is 2.91. The third-order valence-corrected chi connectivity index (χ3v) is 3.81. The number of rotatable bonds is 5. The fourth-order valence-electron chi connectivity index (χ4n) is 2.56. The Morgan fingerprint density at radius 1 is 1.57 bits per heavy atom. The lowest BCUT2D eigenvalue weighted by Gasteiger charge is -2.20. The summed E-state index contributed by atoms with van der Waals surface area (Å²) in [4.78, 5) is 10.5. The summed E-state index contributed by atoms with van der Waals surface area (Å²) in [6, 6.07) is 6.77. The van der Waals surface area contributed by atoms with E-state index in [0.29, 0.717) is 18.6 Å². The van der Waals surface area contributed by atoms with Crippen LogP contribution in [-0.4, -0.2) is 30.7 Å². The first-order valence-electron chi connectivity index (χ1n) is 6.63. The Hall–Kier alpha value is -2.33. The predicted octanol–water partition coefficient (Wildman–Crippen LogP) is 2.02. The lowest BCUT2D eigenvalue weighted by atomic mass is 10.0. The normalized spacial score (nSPS) is 24.3. The summed E-state index contributed by atoms with van der Waals surface area (Å²) in [5.41, 5.74) is -0.698. The molecule has 0 saturated heterocycles. The Morgan fingerprint density at radius 3 is 2.86 bits per heavy atom. The van der Waals surface area contributed by atoms with Crippen molar-refractivity contribution in [3.05, 3.63) is 28.3 Å². The Morgan fingerprint density at radius 2 is 2.33 bits per heavy atom. The number of nitrogens with one attached hydrogen (secondary N) is 1. The molecule has 1 fully saturated rings. The summed E-state index contributed by atoms with van der Waals surface area (Å²) in [7, 11) is 3.14. The van der Waals surface area contributed by atoms with Gasteiger partial charge in [-0.05, 0) is 32.0 Å². The molecule has 7 nitrogen and oxygen atoms in total. The van der Waals surface area contributed by atoms with Gasteiger partial charge in [-0.2, -0.15) is 5.26 Å². The molecule has 1 aromatic carbocycles. The van der Waals surface area contributed by atoms with Gasteiger partial charge in [0.1, 0.15) is 17.4 Å². The van der Waals surface area contributed by atoms with Crippen LogP contribution in [0, 0.1) is 21.4 Å². The molecule has 0 spiro atoms. The summed E-state index contributed by atoms with van der Waals surface area (Å²) in [5.74, 6) is 0.609. The van der Waals surface area contributed by atoms with Gasteiger partial charge in [0, 0.05) is 6.42 Å². The van der Waals surface area contributed by atoms with E-state index in [1.807, 2.05) is 0 Å². The maximum Gasteiger partial charge on any atom is 0.314 e. The number of nitriles is 1. The predicted molar refractivity (Wildman–Crippen MR) is 75.3 cm³/mol. The molecule has 2 unspecified atom stereocenters. The van der Waals surface area contributed by atoms with Crippen LogP contribution in [0.3, 0.4) is 0 Å². The van der Waals surface area contributed by atoms with Gasteiger partial charge < -0.3 is 14.8 Å². The van der Waals surface area contributed by atoms with Crippen molar-refractivity contribution in [3.8, 4) is 17.6 Å². The van der Waals surface area contributed by atoms with E-state index in [2.05, 4.69) is 11.4 Å². The zero-order valence-electron chi connectivity index (χ0n) is 12.0. The van der Waals surface area contributed by atoms with Crippen LogP contribution in [0.4, 0.5) is 5.69 Å². The van der Waals surface area contributed by atoms with Crippen molar-refractivity contribution in [2.45, 2.75) is 30.9 Å². The Balaban J connectivity index is 2.13. The van der Waals surface area contributed by atoms with Crippen LogP contribution in [0.2, 0.25) is 0 Å². The molecule has 1 aliphatic rings. The molecule has 0 bridgehead atoms. The molecule has 2 rings (SSSR count). The molecule has 1 aromatic rings. The van der Waals surface area contributed by atoms with Crippen molar-refractivity contribution in [3.63, 3.8) is 0 Å². The molecule has 0 radical (unpaired) electrons. The molecule has 21 heavy (non-hydrogen) atoms. The summed E-state index contributed by atoms with van der Waals surface area (Å²) in [5, 5.41) is 23.2. The van der Waals surface area contributed by atoms with Crippen LogP contribution >= 0.6 is 0 Å². The highest BCUT2D eigenvalue weighted by atomic mass is 16.6. The number of hydrogen-bond donors (Lipinski definition) is 1. The molecule has 0 aromatic heterocycles. The van der Waals surface area contributed by atoms with E-state index in [1.165, 1.54) is 19.2 Å². The van der Waals surface area contributed by atoms with Gasteiger partial charge in [-0.3, -0.25) is 10.1 Å². The fourth-order valence-corrected chi connectivity index (χ4v) is 2.56. The Kier molecular flexibility index (Phi) is 4.29. The monoisotopic (exact) mass is 291 g/mol. The molecular weight excluding hydrogens is 274 g/mol. The number of benzene rings is 1. The average molecular weight is 291 g/mol. The summed E-state index contributed by atoms with van der Waals surface area (Å²) in [6.45, 7) is 0. The molecule has 1 saturated carbocycles. The molecule has 1 N–H and O–H groups in total. The van der Waals surface area contributed by atoms with Gasteiger partial charge in [0.05, 0.1) is 24.2 Å². The number of nitro benzene ring substituents is 1. The van der Waals surface area contributed by atoms with Crippen molar-refractivity contribution in [2.24, 2.45) is 0 Å². The highest BCUT2D eigenvalue weighted by Gasteiger charge is 2.39. The molecule has 2 atom stereocenters. The van der Waals surface area contributed by atoms with E-state index >= 15 is 0 Å². The Labute approximate surface area is 122 Å². The van der Waals surface area contributed by atoms with E-state index in [-0.39, 0.29) is 17.5 Å². The molecular formula is C14H17N3O4. The van der Waals surface area contributed by atoms with Gasteiger partial charge in [0.25, 0.3) is 0 Å². The summed E-state index contributed by atoms with van der Waals surface area (Å²) < 4.78 is 10.7. The lowest BCUT2D eigenvalue weighted by Crippen LogP contribution is -2.39. The standard InChI is InChI=1S/C14H17N3O4/c1-16-14(9-15)6-5-11(8-14)21-10-3-4-13(20-2)12(7-10)17(18)19/h3-4,7,11,16H,5-6,8H2,1-2H3. The zero-order chi connectivity index (χ0) is 15.5. The van der Waals surface area contributed by atoms with Crippen molar-refractivity contribution in [2.75, 3.05) is 14.2 Å². The quantitative estimate of drug-likeness (QED) is 0.658. The molecule has 1 aliphatic carbocycles. The van der Waals surface area contributed by atoms with Gasteiger partial charge in [0.15, 0.2) is 5.75 Å². The van der Waals surface area contributed by atoms with E-state index in [4.69, 9.17) is 9.47 Å². The second-order valence-electron chi connectivity index (χ2n) is 5.02. The van der Waals surface area contributed by atoms with Crippen molar-refractivity contribution >= 4 is 5.69 Å². The Bertz CT molecular complexity index is 584. The van der Waals surface area contributed by atoms with E-state index in [9.17, 15) is 15.4 Å². The largest absolute Gasteiger partial charge is 0.490 e. The summed E-state index contributed by atoms with van der Waals surface area (Å²) in [6.07, 6.45) is 1.85. The van der Waals surface area contributed by atoms with Crippen LogP contribution in [-0.2, 0) is 0 Å². The lowest BCUT2D eigenvalue weighted by molar-refractivity contribution is -0.385. The molecule has 7 heteroatoms. The van der Waals surface area contributed by atoms with Gasteiger partial charge in [-0.15, -0.1) is 0 Å². The smallest absolute Gasteiger partial charge is 0.314 e. The first kappa shape index (κ1) is 15.1. The van der Waals surface area contributed by atoms with Crippen LogP contribution in [0.25, 0.3) is 0 Å². The van der Waals surface area contributed by atoms with E-state index in [0.717, 1.165) is 6.42 Å². The highest BCUT2D eigenvalue weighted by molar-refractivity contribution is 5.50. The fraction of sp³-hybridized carbons (Fsp3) is 0.500. The third kappa shape index (κ3) is 3.06. The number of ether oxygens (including phenoxy) is 2. The number of methoxy groups -OCH3 is 1. The number of nitro groups is 1. The van der Waals surface area contributed by atoms with Crippen molar-refractivity contribution in [1.82, 2.24) is 5.32 Å². The second-order valence-corrected chi connectivity index (χ2v) is 5.02. The van der Waals surface area contributed by atoms with Crippen LogP contribution in [0.5, 0.6) is 11.5 Å². The van der Waals surface area contributed by atoms with Gasteiger partial charge >= 0.3 is 5.69 Å². The van der Waals surface area contributed by atoms with Crippen molar-refractivity contribution < 1.29 is 14.4 Å². The van der Waals surface area contributed by atoms with Gasteiger partial charge in [-0.1, -0.05) is 0 Å². The van der Waals surface area contributed by atoms with Crippen molar-refractivity contribution in [1.29, 1.82) is 5.26 Å². The minimum absolute atomic E-state index is 0.131. The number of hydrogen-bond acceptors (Lipinski definition) is 6. The minimum atomic E-state index is -0.566. The maximum atomic E-state index is 11.0. The molecule has 112 valence electrons. The third-order valence-electron chi connectivity index (χ3n) is 3.81. The minimum Gasteiger partial charge on any atom is -0.490 e. The topological polar surface area (TPSA) is 97.4 Å².